The van der Waals surface area contributed by atoms with Gasteiger partial charge < -0.3 is 19.0 Å². The number of furan rings is 1. The summed E-state index contributed by atoms with van der Waals surface area (Å²) in [6, 6.07) is 9.42. The van der Waals surface area contributed by atoms with Gasteiger partial charge in [0.15, 0.2) is 0 Å². The highest BCUT2D eigenvalue weighted by atomic mass is 16.5. The van der Waals surface area contributed by atoms with Crippen LogP contribution in [0.2, 0.25) is 0 Å². The second-order valence-electron chi connectivity index (χ2n) is 6.17. The standard InChI is InChI=1S/C19H23NO5/c1-23-14-5-6-15(17(12-14)24-2)18(16-4-3-11-25-16)20-9-7-13(8-10-20)19(21)22/h3-6,11-13,18H,7-10H2,1-2H3,(H,21,22). The predicted octanol–water partition coefficient (Wildman–Crippen LogP) is 3.18. The van der Waals surface area contributed by atoms with Crippen LogP contribution in [-0.4, -0.2) is 43.3 Å². The third kappa shape index (κ3) is 3.64. The Labute approximate surface area is 147 Å². The molecule has 0 amide bonds. The van der Waals surface area contributed by atoms with Gasteiger partial charge in [-0.05, 0) is 37.1 Å². The molecule has 0 radical (unpaired) electrons. The Morgan fingerprint density at radius 3 is 2.56 bits per heavy atom. The fraction of sp³-hybridized carbons (Fsp3) is 0.421. The molecule has 1 aliphatic heterocycles. The summed E-state index contributed by atoms with van der Waals surface area (Å²) in [4.78, 5) is 13.5. The molecule has 134 valence electrons. The topological polar surface area (TPSA) is 72.1 Å². The molecular formula is C19H23NO5. The maximum atomic E-state index is 11.2. The summed E-state index contributed by atoms with van der Waals surface area (Å²) in [6.45, 7) is 1.38. The van der Waals surface area contributed by atoms with Gasteiger partial charge in [-0.1, -0.05) is 0 Å². The maximum absolute atomic E-state index is 11.2. The summed E-state index contributed by atoms with van der Waals surface area (Å²) in [5.74, 6) is 1.28. The van der Waals surface area contributed by atoms with Crippen LogP contribution in [0.1, 0.15) is 30.2 Å². The lowest BCUT2D eigenvalue weighted by Crippen LogP contribution is -2.39. The lowest BCUT2D eigenvalue weighted by molar-refractivity contribution is -0.143. The van der Waals surface area contributed by atoms with Crippen molar-refractivity contribution in [1.29, 1.82) is 0 Å². The first-order chi connectivity index (χ1) is 12.1. The SMILES string of the molecule is COc1ccc(C(c2ccco2)N2CCC(C(=O)O)CC2)c(OC)c1. The van der Waals surface area contributed by atoms with Crippen molar-refractivity contribution in [1.82, 2.24) is 4.90 Å². The number of carbonyl (C=O) groups is 1. The van der Waals surface area contributed by atoms with E-state index in [4.69, 9.17) is 13.9 Å². The third-order valence-corrected chi connectivity index (χ3v) is 4.79. The average molecular weight is 345 g/mol. The summed E-state index contributed by atoms with van der Waals surface area (Å²) in [5, 5.41) is 9.23. The lowest BCUT2D eigenvalue weighted by atomic mass is 9.93. The van der Waals surface area contributed by atoms with Gasteiger partial charge in [0, 0.05) is 24.7 Å². The number of aliphatic carboxylic acids is 1. The molecule has 1 aromatic heterocycles. The van der Waals surface area contributed by atoms with E-state index in [1.54, 1.807) is 20.5 Å². The zero-order valence-electron chi connectivity index (χ0n) is 14.5. The summed E-state index contributed by atoms with van der Waals surface area (Å²) < 4.78 is 16.5. The number of hydrogen-bond acceptors (Lipinski definition) is 5. The van der Waals surface area contributed by atoms with Crippen molar-refractivity contribution in [3.63, 3.8) is 0 Å². The number of carboxylic acid groups (broad SMARTS) is 1. The largest absolute Gasteiger partial charge is 0.497 e. The molecule has 25 heavy (non-hydrogen) atoms. The van der Waals surface area contributed by atoms with Gasteiger partial charge in [0.1, 0.15) is 17.3 Å². The van der Waals surface area contributed by atoms with Crippen LogP contribution in [0.25, 0.3) is 0 Å². The molecule has 1 saturated heterocycles. The molecule has 2 heterocycles. The fourth-order valence-electron chi connectivity index (χ4n) is 3.43. The van der Waals surface area contributed by atoms with Gasteiger partial charge in [0.2, 0.25) is 0 Å². The molecule has 1 atom stereocenters. The van der Waals surface area contributed by atoms with E-state index in [9.17, 15) is 9.90 Å². The molecule has 2 aromatic rings. The van der Waals surface area contributed by atoms with E-state index in [1.165, 1.54) is 0 Å². The Hall–Kier alpha value is -2.47. The van der Waals surface area contributed by atoms with Gasteiger partial charge >= 0.3 is 5.97 Å². The van der Waals surface area contributed by atoms with Crippen molar-refractivity contribution in [3.8, 4) is 11.5 Å². The Bertz CT molecular complexity index is 705. The van der Waals surface area contributed by atoms with Crippen LogP contribution >= 0.6 is 0 Å². The highest BCUT2D eigenvalue weighted by Crippen LogP contribution is 2.38. The summed E-state index contributed by atoms with van der Waals surface area (Å²) in [7, 11) is 3.25. The minimum atomic E-state index is -0.712. The molecular weight excluding hydrogens is 322 g/mol. The van der Waals surface area contributed by atoms with E-state index in [-0.39, 0.29) is 12.0 Å². The van der Waals surface area contributed by atoms with Crippen molar-refractivity contribution in [2.45, 2.75) is 18.9 Å². The molecule has 1 aliphatic rings. The predicted molar refractivity (Wildman–Crippen MR) is 92.0 cm³/mol. The number of piperidine rings is 1. The quantitative estimate of drug-likeness (QED) is 0.867. The molecule has 1 unspecified atom stereocenters. The molecule has 3 rings (SSSR count). The second-order valence-corrected chi connectivity index (χ2v) is 6.17. The number of nitrogens with zero attached hydrogens (tertiary/aromatic N) is 1. The molecule has 0 bridgehead atoms. The summed E-state index contributed by atoms with van der Waals surface area (Å²) >= 11 is 0. The molecule has 1 aromatic carbocycles. The highest BCUT2D eigenvalue weighted by Gasteiger charge is 2.33. The lowest BCUT2D eigenvalue weighted by Gasteiger charge is -2.36. The van der Waals surface area contributed by atoms with Crippen molar-refractivity contribution < 1.29 is 23.8 Å². The minimum Gasteiger partial charge on any atom is -0.497 e. The number of hydrogen-bond donors (Lipinski definition) is 1. The minimum absolute atomic E-state index is 0.120. The zero-order chi connectivity index (χ0) is 17.8. The number of rotatable bonds is 6. The van der Waals surface area contributed by atoms with Gasteiger partial charge in [0.05, 0.1) is 32.4 Å². The molecule has 1 fully saturated rings. The van der Waals surface area contributed by atoms with Crippen LogP contribution in [-0.2, 0) is 4.79 Å². The molecule has 6 heteroatoms. The molecule has 0 aliphatic carbocycles. The van der Waals surface area contributed by atoms with Crippen molar-refractivity contribution in [2.75, 3.05) is 27.3 Å². The monoisotopic (exact) mass is 345 g/mol. The van der Waals surface area contributed by atoms with Crippen molar-refractivity contribution >= 4 is 5.97 Å². The number of likely N-dealkylation sites (tertiary alicyclic amines) is 1. The normalized spacial score (nSPS) is 17.2. The number of methoxy groups -OCH3 is 2. The van der Waals surface area contributed by atoms with Crippen LogP contribution in [0.4, 0.5) is 0 Å². The number of carboxylic acids is 1. The first kappa shape index (κ1) is 17.4. The van der Waals surface area contributed by atoms with E-state index in [2.05, 4.69) is 4.90 Å². The molecule has 0 saturated carbocycles. The smallest absolute Gasteiger partial charge is 0.306 e. The van der Waals surface area contributed by atoms with Gasteiger partial charge in [-0.2, -0.15) is 0 Å². The first-order valence-corrected chi connectivity index (χ1v) is 8.36. The zero-order valence-corrected chi connectivity index (χ0v) is 14.5. The molecule has 1 N–H and O–H groups in total. The van der Waals surface area contributed by atoms with Crippen LogP contribution < -0.4 is 9.47 Å². The third-order valence-electron chi connectivity index (χ3n) is 4.79. The van der Waals surface area contributed by atoms with Crippen molar-refractivity contribution in [2.24, 2.45) is 5.92 Å². The van der Waals surface area contributed by atoms with Gasteiger partial charge in [0.25, 0.3) is 0 Å². The Morgan fingerprint density at radius 2 is 2.00 bits per heavy atom. The Kier molecular flexibility index (Phi) is 5.28. The van der Waals surface area contributed by atoms with Crippen LogP contribution in [0.5, 0.6) is 11.5 Å². The Morgan fingerprint density at radius 1 is 1.24 bits per heavy atom. The van der Waals surface area contributed by atoms with E-state index in [0.717, 1.165) is 22.8 Å². The van der Waals surface area contributed by atoms with E-state index < -0.39 is 5.97 Å². The summed E-state index contributed by atoms with van der Waals surface area (Å²) in [5.41, 5.74) is 0.979. The highest BCUT2D eigenvalue weighted by molar-refractivity contribution is 5.70. The van der Waals surface area contributed by atoms with Crippen LogP contribution in [0.15, 0.2) is 41.0 Å². The van der Waals surface area contributed by atoms with E-state index in [1.807, 2.05) is 30.3 Å². The van der Waals surface area contributed by atoms with Crippen molar-refractivity contribution in [3.05, 3.63) is 47.9 Å². The second kappa shape index (κ2) is 7.61. The number of benzene rings is 1. The maximum Gasteiger partial charge on any atom is 0.306 e. The number of ether oxygens (including phenoxy) is 2. The van der Waals surface area contributed by atoms with Gasteiger partial charge in [-0.25, -0.2) is 0 Å². The van der Waals surface area contributed by atoms with E-state index >= 15 is 0 Å². The molecule has 6 nitrogen and oxygen atoms in total. The Balaban J connectivity index is 1.93. The first-order valence-electron chi connectivity index (χ1n) is 8.36. The van der Waals surface area contributed by atoms with E-state index in [0.29, 0.717) is 25.9 Å². The summed E-state index contributed by atoms with van der Waals surface area (Å²) in [6.07, 6.45) is 2.92. The average Bonchev–Trinajstić information content (AvgIpc) is 3.17. The van der Waals surface area contributed by atoms with Gasteiger partial charge in [-0.3, -0.25) is 9.69 Å². The van der Waals surface area contributed by atoms with Crippen LogP contribution in [0.3, 0.4) is 0 Å². The van der Waals surface area contributed by atoms with Gasteiger partial charge in [-0.15, -0.1) is 0 Å². The molecule has 0 spiro atoms. The fourth-order valence-corrected chi connectivity index (χ4v) is 3.43. The van der Waals surface area contributed by atoms with Crippen LogP contribution in [0, 0.1) is 5.92 Å².